The standard InChI is InChI=1S/C19H31NO4/c1-4-17(2)18(3,22)20(16(21)24-17)5-6-23-19-10-13-7-14(11-19)9-15(8-13)12-19/h13-15,22H,4-12H2,1-3H3/t13?,14?,15?,17-,18-,19?/m0/s1. The molecule has 5 heteroatoms. The van der Waals surface area contributed by atoms with Gasteiger partial charge in [0, 0.05) is 0 Å². The van der Waals surface area contributed by atoms with E-state index < -0.39 is 17.4 Å². The molecule has 136 valence electrons. The van der Waals surface area contributed by atoms with Crippen molar-refractivity contribution in [3.63, 3.8) is 0 Å². The molecule has 2 atom stereocenters. The Labute approximate surface area is 144 Å². The first kappa shape index (κ1) is 16.6. The zero-order valence-electron chi connectivity index (χ0n) is 15.2. The van der Waals surface area contributed by atoms with Crippen LogP contribution in [0.1, 0.15) is 65.7 Å². The lowest BCUT2D eigenvalue weighted by Gasteiger charge is -2.56. The van der Waals surface area contributed by atoms with Crippen LogP contribution in [-0.2, 0) is 9.47 Å². The Balaban J connectivity index is 1.39. The van der Waals surface area contributed by atoms with E-state index in [-0.39, 0.29) is 5.60 Å². The molecule has 5 rings (SSSR count). The summed E-state index contributed by atoms with van der Waals surface area (Å²) in [5, 5.41) is 10.8. The summed E-state index contributed by atoms with van der Waals surface area (Å²) in [6, 6.07) is 0. The van der Waals surface area contributed by atoms with E-state index in [4.69, 9.17) is 9.47 Å². The molecular formula is C19H31NO4. The van der Waals surface area contributed by atoms with Crippen molar-refractivity contribution in [2.24, 2.45) is 17.8 Å². The first-order valence-corrected chi connectivity index (χ1v) is 9.64. The smallest absolute Gasteiger partial charge is 0.412 e. The van der Waals surface area contributed by atoms with E-state index in [9.17, 15) is 9.90 Å². The first-order valence-electron chi connectivity index (χ1n) is 9.64. The fraction of sp³-hybridized carbons (Fsp3) is 0.947. The third-order valence-electron chi connectivity index (χ3n) is 7.44. The van der Waals surface area contributed by atoms with Gasteiger partial charge in [0.15, 0.2) is 11.3 Å². The van der Waals surface area contributed by atoms with Crippen molar-refractivity contribution in [3.05, 3.63) is 0 Å². The van der Waals surface area contributed by atoms with Crippen LogP contribution in [-0.4, -0.2) is 46.2 Å². The van der Waals surface area contributed by atoms with Gasteiger partial charge in [0.2, 0.25) is 0 Å². The van der Waals surface area contributed by atoms with Crippen molar-refractivity contribution in [2.75, 3.05) is 13.2 Å². The van der Waals surface area contributed by atoms with Gasteiger partial charge in [0.25, 0.3) is 0 Å². The lowest BCUT2D eigenvalue weighted by atomic mass is 9.54. The fourth-order valence-corrected chi connectivity index (χ4v) is 6.09. The van der Waals surface area contributed by atoms with Gasteiger partial charge >= 0.3 is 6.09 Å². The molecule has 0 unspecified atom stereocenters. The van der Waals surface area contributed by atoms with Crippen molar-refractivity contribution in [1.29, 1.82) is 0 Å². The molecule has 0 aromatic heterocycles. The van der Waals surface area contributed by atoms with Gasteiger partial charge in [-0.05, 0) is 76.5 Å². The molecule has 1 aliphatic heterocycles. The van der Waals surface area contributed by atoms with Crippen LogP contribution in [0.25, 0.3) is 0 Å². The van der Waals surface area contributed by atoms with Gasteiger partial charge in [0.1, 0.15) is 0 Å². The number of ether oxygens (including phenoxy) is 2. The Morgan fingerprint density at radius 2 is 1.71 bits per heavy atom. The van der Waals surface area contributed by atoms with Crippen molar-refractivity contribution >= 4 is 6.09 Å². The summed E-state index contributed by atoms with van der Waals surface area (Å²) in [5.41, 5.74) is -2.10. The van der Waals surface area contributed by atoms with Crippen LogP contribution in [0.2, 0.25) is 0 Å². The van der Waals surface area contributed by atoms with Crippen molar-refractivity contribution in [1.82, 2.24) is 4.90 Å². The highest BCUT2D eigenvalue weighted by Crippen LogP contribution is 2.57. The highest BCUT2D eigenvalue weighted by Gasteiger charge is 2.58. The van der Waals surface area contributed by atoms with Crippen LogP contribution in [0.4, 0.5) is 4.79 Å². The maximum Gasteiger partial charge on any atom is 0.412 e. The SMILES string of the molecule is CC[C@]1(C)OC(=O)N(CCOC23CC4CC(CC(C4)C2)C3)[C@@]1(C)O. The highest BCUT2D eigenvalue weighted by atomic mass is 16.6. The van der Waals surface area contributed by atoms with E-state index in [1.807, 2.05) is 6.92 Å². The van der Waals surface area contributed by atoms with Crippen LogP contribution in [0.5, 0.6) is 0 Å². The molecule has 1 saturated heterocycles. The number of hydrogen-bond donors (Lipinski definition) is 1. The average Bonchev–Trinajstić information content (AvgIpc) is 2.65. The Morgan fingerprint density at radius 1 is 1.17 bits per heavy atom. The highest BCUT2D eigenvalue weighted by molar-refractivity contribution is 5.72. The molecule has 4 saturated carbocycles. The maximum absolute atomic E-state index is 12.2. The minimum atomic E-state index is -1.29. The quantitative estimate of drug-likeness (QED) is 0.836. The molecule has 1 N–H and O–H groups in total. The Morgan fingerprint density at radius 3 is 2.17 bits per heavy atom. The zero-order chi connectivity index (χ0) is 17.2. The molecule has 5 aliphatic rings. The average molecular weight is 337 g/mol. The van der Waals surface area contributed by atoms with Crippen LogP contribution in [0.15, 0.2) is 0 Å². The minimum absolute atomic E-state index is 0.0400. The molecule has 4 bridgehead atoms. The number of carbonyl (C=O) groups is 1. The second-order valence-electron chi connectivity index (χ2n) is 9.07. The lowest BCUT2D eigenvalue weighted by Crippen LogP contribution is -2.56. The van der Waals surface area contributed by atoms with Gasteiger partial charge in [-0.25, -0.2) is 4.79 Å². The van der Waals surface area contributed by atoms with E-state index in [0.29, 0.717) is 19.6 Å². The summed E-state index contributed by atoms with van der Waals surface area (Å²) in [5.74, 6) is 2.54. The van der Waals surface area contributed by atoms with Gasteiger partial charge in [-0.3, -0.25) is 4.90 Å². The summed E-state index contributed by atoms with van der Waals surface area (Å²) in [6.07, 6.45) is 7.89. The molecule has 4 aliphatic carbocycles. The number of hydrogen-bond acceptors (Lipinski definition) is 4. The molecule has 1 amide bonds. The summed E-state index contributed by atoms with van der Waals surface area (Å²) in [4.78, 5) is 13.6. The zero-order valence-corrected chi connectivity index (χ0v) is 15.2. The number of carbonyl (C=O) groups excluding carboxylic acids is 1. The largest absolute Gasteiger partial charge is 0.438 e. The van der Waals surface area contributed by atoms with Crippen LogP contribution in [0, 0.1) is 17.8 Å². The fourth-order valence-electron chi connectivity index (χ4n) is 6.09. The van der Waals surface area contributed by atoms with Crippen molar-refractivity contribution in [3.8, 4) is 0 Å². The lowest BCUT2D eigenvalue weighted by molar-refractivity contribution is -0.174. The van der Waals surface area contributed by atoms with E-state index in [1.54, 1.807) is 13.8 Å². The second kappa shape index (κ2) is 5.34. The van der Waals surface area contributed by atoms with Gasteiger partial charge in [0.05, 0.1) is 18.8 Å². The van der Waals surface area contributed by atoms with Gasteiger partial charge in [-0.2, -0.15) is 0 Å². The molecule has 0 aromatic carbocycles. The number of amides is 1. The molecule has 5 nitrogen and oxygen atoms in total. The predicted octanol–water partition coefficient (Wildman–Crippen LogP) is 3.30. The third kappa shape index (κ3) is 2.38. The normalized spacial score (nSPS) is 49.8. The van der Waals surface area contributed by atoms with Gasteiger partial charge in [-0.15, -0.1) is 0 Å². The van der Waals surface area contributed by atoms with Gasteiger partial charge in [-0.1, -0.05) is 6.92 Å². The summed E-state index contributed by atoms with van der Waals surface area (Å²) < 4.78 is 11.8. The molecule has 5 fully saturated rings. The van der Waals surface area contributed by atoms with Crippen LogP contribution < -0.4 is 0 Å². The maximum atomic E-state index is 12.2. The van der Waals surface area contributed by atoms with E-state index in [1.165, 1.54) is 43.4 Å². The molecule has 0 aromatic rings. The van der Waals surface area contributed by atoms with E-state index >= 15 is 0 Å². The number of aliphatic hydroxyl groups is 1. The van der Waals surface area contributed by atoms with E-state index in [2.05, 4.69) is 0 Å². The van der Waals surface area contributed by atoms with E-state index in [0.717, 1.165) is 17.8 Å². The molecule has 1 heterocycles. The van der Waals surface area contributed by atoms with Crippen molar-refractivity contribution in [2.45, 2.75) is 82.6 Å². The molecule has 0 spiro atoms. The van der Waals surface area contributed by atoms with Crippen LogP contribution >= 0.6 is 0 Å². The Bertz CT molecular complexity index is 496. The van der Waals surface area contributed by atoms with Gasteiger partial charge < -0.3 is 14.6 Å². The monoisotopic (exact) mass is 337 g/mol. The third-order valence-corrected chi connectivity index (χ3v) is 7.44. The number of rotatable bonds is 5. The number of cyclic esters (lactones) is 1. The molecule has 24 heavy (non-hydrogen) atoms. The Hall–Kier alpha value is -0.810. The molecular weight excluding hydrogens is 306 g/mol. The van der Waals surface area contributed by atoms with Crippen LogP contribution in [0.3, 0.4) is 0 Å². The van der Waals surface area contributed by atoms with Crippen molar-refractivity contribution < 1.29 is 19.4 Å². The topological polar surface area (TPSA) is 59.0 Å². The minimum Gasteiger partial charge on any atom is -0.438 e. The predicted molar refractivity (Wildman–Crippen MR) is 89.4 cm³/mol. The first-order chi connectivity index (χ1) is 11.3. The summed E-state index contributed by atoms with van der Waals surface area (Å²) in [6.45, 7) is 6.27. The Kier molecular flexibility index (Phi) is 3.70. The number of nitrogens with zero attached hydrogens (tertiary/aromatic N) is 1. The summed E-state index contributed by atoms with van der Waals surface area (Å²) >= 11 is 0. The second-order valence-corrected chi connectivity index (χ2v) is 9.07. The summed E-state index contributed by atoms with van der Waals surface area (Å²) in [7, 11) is 0. The molecule has 0 radical (unpaired) electrons.